The van der Waals surface area contributed by atoms with Crippen molar-refractivity contribution >= 4 is 11.4 Å². The van der Waals surface area contributed by atoms with Crippen LogP contribution in [0, 0.1) is 12.8 Å². The topological polar surface area (TPSA) is 49.6 Å². The molecule has 3 atom stereocenters. The van der Waals surface area contributed by atoms with Crippen LogP contribution in [0.15, 0.2) is 24.7 Å². The summed E-state index contributed by atoms with van der Waals surface area (Å²) in [5.74, 6) is 0.706. The maximum absolute atomic E-state index is 12.4. The highest BCUT2D eigenvalue weighted by atomic mass is 16.1. The van der Waals surface area contributed by atoms with Crippen LogP contribution in [0.4, 0.5) is 0 Å². The van der Waals surface area contributed by atoms with E-state index < -0.39 is 0 Å². The Bertz CT molecular complexity index is 681. The fourth-order valence-corrected chi connectivity index (χ4v) is 3.69. The molecule has 1 unspecified atom stereocenters. The number of amides is 1. The molecule has 4 rings (SSSR count). The van der Waals surface area contributed by atoms with Crippen molar-refractivity contribution in [2.24, 2.45) is 5.92 Å². The Kier molecular flexibility index (Phi) is 2.96. The predicted octanol–water partition coefficient (Wildman–Crippen LogP) is 1.47. The molecule has 1 amide bonds. The van der Waals surface area contributed by atoms with Gasteiger partial charge in [-0.25, -0.2) is 4.98 Å². The molecule has 0 saturated carbocycles. The Morgan fingerprint density at radius 2 is 2.33 bits per heavy atom. The Hall–Kier alpha value is -1.88. The number of nitrogens with one attached hydrogen (secondary N) is 1. The number of aryl methyl sites for hydroxylation is 1. The average molecular weight is 284 g/mol. The van der Waals surface area contributed by atoms with Crippen LogP contribution in [0.2, 0.25) is 0 Å². The molecular weight excluding hydrogens is 264 g/mol. The SMILES string of the molecule is Cc1ccn2cnc(C(=O)N[C@@H]3C[C@@H]4CCN(C4)C3)cc12. The summed E-state index contributed by atoms with van der Waals surface area (Å²) >= 11 is 0. The lowest BCUT2D eigenvalue weighted by Crippen LogP contribution is -2.47. The molecule has 2 aromatic heterocycles. The van der Waals surface area contributed by atoms with Crippen LogP contribution in [0.5, 0.6) is 0 Å². The molecule has 4 heterocycles. The zero-order valence-electron chi connectivity index (χ0n) is 12.2. The van der Waals surface area contributed by atoms with E-state index in [9.17, 15) is 4.79 Å². The number of nitrogens with zero attached hydrogens (tertiary/aromatic N) is 3. The van der Waals surface area contributed by atoms with E-state index >= 15 is 0 Å². The third-order valence-electron chi connectivity index (χ3n) is 4.80. The Balaban J connectivity index is 1.52. The maximum Gasteiger partial charge on any atom is 0.270 e. The second kappa shape index (κ2) is 4.84. The number of carbonyl (C=O) groups is 1. The van der Waals surface area contributed by atoms with Gasteiger partial charge in [0.1, 0.15) is 5.69 Å². The molecular formula is C16H20N4O. The number of hydrogen-bond donors (Lipinski definition) is 1. The van der Waals surface area contributed by atoms with Crippen LogP contribution in [0.1, 0.15) is 28.9 Å². The predicted molar refractivity (Wildman–Crippen MR) is 80.3 cm³/mol. The maximum atomic E-state index is 12.4. The lowest BCUT2D eigenvalue weighted by molar-refractivity contribution is 0.0904. The van der Waals surface area contributed by atoms with Crippen LogP contribution in [-0.4, -0.2) is 45.9 Å². The summed E-state index contributed by atoms with van der Waals surface area (Å²) in [5, 5.41) is 3.16. The van der Waals surface area contributed by atoms with Crippen molar-refractivity contribution in [3.63, 3.8) is 0 Å². The van der Waals surface area contributed by atoms with Gasteiger partial charge in [-0.2, -0.15) is 0 Å². The van der Waals surface area contributed by atoms with E-state index in [0.717, 1.165) is 30.0 Å². The number of hydrogen-bond acceptors (Lipinski definition) is 3. The van der Waals surface area contributed by atoms with Gasteiger partial charge in [-0.3, -0.25) is 4.79 Å². The van der Waals surface area contributed by atoms with Crippen molar-refractivity contribution in [1.82, 2.24) is 19.6 Å². The quantitative estimate of drug-likeness (QED) is 0.908. The van der Waals surface area contributed by atoms with Gasteiger partial charge in [-0.1, -0.05) is 0 Å². The lowest BCUT2D eigenvalue weighted by Gasteiger charge is -2.30. The monoisotopic (exact) mass is 284 g/mol. The van der Waals surface area contributed by atoms with Crippen LogP contribution in [-0.2, 0) is 0 Å². The molecule has 2 aliphatic rings. The van der Waals surface area contributed by atoms with E-state index in [1.807, 2.05) is 29.7 Å². The van der Waals surface area contributed by atoms with Gasteiger partial charge in [0.25, 0.3) is 5.91 Å². The Labute approximate surface area is 124 Å². The molecule has 5 heteroatoms. The van der Waals surface area contributed by atoms with E-state index in [4.69, 9.17) is 0 Å². The van der Waals surface area contributed by atoms with Crippen LogP contribution < -0.4 is 5.32 Å². The van der Waals surface area contributed by atoms with Gasteiger partial charge in [-0.15, -0.1) is 0 Å². The van der Waals surface area contributed by atoms with Crippen LogP contribution in [0.25, 0.3) is 5.52 Å². The zero-order chi connectivity index (χ0) is 14.4. The fourth-order valence-electron chi connectivity index (χ4n) is 3.69. The second-order valence-electron chi connectivity index (χ2n) is 6.39. The normalized spacial score (nSPS) is 28.0. The molecule has 110 valence electrons. The first-order chi connectivity index (χ1) is 10.2. The summed E-state index contributed by atoms with van der Waals surface area (Å²) in [7, 11) is 0. The Morgan fingerprint density at radius 1 is 1.43 bits per heavy atom. The standard InChI is InChI=1S/C16H20N4O/c1-11-2-5-20-10-17-14(7-15(11)20)16(21)18-13-6-12-3-4-19(8-12)9-13/h2,5,7,10,12-13H,3-4,6,8-9H2,1H3,(H,18,21)/t12-,13+/m0/s1. The molecule has 2 saturated heterocycles. The van der Waals surface area contributed by atoms with Crippen LogP contribution >= 0.6 is 0 Å². The third-order valence-corrected chi connectivity index (χ3v) is 4.80. The molecule has 0 aliphatic carbocycles. The molecule has 2 aromatic rings. The van der Waals surface area contributed by atoms with E-state index in [0.29, 0.717) is 5.69 Å². The summed E-state index contributed by atoms with van der Waals surface area (Å²) in [4.78, 5) is 19.2. The van der Waals surface area contributed by atoms with Crippen molar-refractivity contribution in [2.75, 3.05) is 19.6 Å². The van der Waals surface area contributed by atoms with Gasteiger partial charge in [0.2, 0.25) is 0 Å². The van der Waals surface area contributed by atoms with Crippen molar-refractivity contribution in [1.29, 1.82) is 0 Å². The molecule has 0 spiro atoms. The largest absolute Gasteiger partial charge is 0.347 e. The molecule has 2 fully saturated rings. The summed E-state index contributed by atoms with van der Waals surface area (Å²) in [6.07, 6.45) is 6.06. The third kappa shape index (κ3) is 2.31. The smallest absolute Gasteiger partial charge is 0.270 e. The van der Waals surface area contributed by atoms with E-state index in [1.54, 1.807) is 6.33 Å². The van der Waals surface area contributed by atoms with Crippen molar-refractivity contribution in [2.45, 2.75) is 25.8 Å². The van der Waals surface area contributed by atoms with E-state index in [-0.39, 0.29) is 11.9 Å². The molecule has 0 radical (unpaired) electrons. The minimum absolute atomic E-state index is 0.0504. The molecule has 2 bridgehead atoms. The van der Waals surface area contributed by atoms with Gasteiger partial charge in [0.15, 0.2) is 0 Å². The first-order valence-corrected chi connectivity index (χ1v) is 7.65. The first kappa shape index (κ1) is 12.8. The number of aromatic nitrogens is 2. The number of fused-ring (bicyclic) bond motifs is 3. The summed E-state index contributed by atoms with van der Waals surface area (Å²) in [6, 6.07) is 4.18. The fraction of sp³-hybridized carbons (Fsp3) is 0.500. The average Bonchev–Trinajstić information content (AvgIpc) is 3.02. The Morgan fingerprint density at radius 3 is 3.19 bits per heavy atom. The summed E-state index contributed by atoms with van der Waals surface area (Å²) in [6.45, 7) is 5.42. The van der Waals surface area contributed by atoms with Gasteiger partial charge in [-0.05, 0) is 49.9 Å². The molecule has 2 aliphatic heterocycles. The van der Waals surface area contributed by atoms with Crippen molar-refractivity contribution < 1.29 is 4.79 Å². The highest BCUT2D eigenvalue weighted by Crippen LogP contribution is 2.26. The van der Waals surface area contributed by atoms with E-state index in [2.05, 4.69) is 15.2 Å². The number of piperidine rings is 1. The van der Waals surface area contributed by atoms with Crippen molar-refractivity contribution in [3.8, 4) is 0 Å². The van der Waals surface area contributed by atoms with Gasteiger partial charge >= 0.3 is 0 Å². The second-order valence-corrected chi connectivity index (χ2v) is 6.39. The zero-order valence-corrected chi connectivity index (χ0v) is 12.2. The number of rotatable bonds is 2. The van der Waals surface area contributed by atoms with Gasteiger partial charge in [0, 0.05) is 25.3 Å². The summed E-state index contributed by atoms with van der Waals surface area (Å²) < 4.78 is 1.94. The minimum atomic E-state index is -0.0504. The van der Waals surface area contributed by atoms with Crippen LogP contribution in [0.3, 0.4) is 0 Å². The molecule has 0 aromatic carbocycles. The van der Waals surface area contributed by atoms with Crippen molar-refractivity contribution in [3.05, 3.63) is 35.9 Å². The first-order valence-electron chi connectivity index (χ1n) is 7.65. The van der Waals surface area contributed by atoms with E-state index in [1.165, 1.54) is 19.5 Å². The molecule has 1 N–H and O–H groups in total. The van der Waals surface area contributed by atoms with Gasteiger partial charge < -0.3 is 14.6 Å². The molecule has 5 nitrogen and oxygen atoms in total. The van der Waals surface area contributed by atoms with Gasteiger partial charge in [0.05, 0.1) is 11.8 Å². The number of carbonyl (C=O) groups excluding carboxylic acids is 1. The molecule has 21 heavy (non-hydrogen) atoms. The summed E-state index contributed by atoms with van der Waals surface area (Å²) in [5.41, 5.74) is 2.72. The highest BCUT2D eigenvalue weighted by molar-refractivity contribution is 5.93. The minimum Gasteiger partial charge on any atom is -0.347 e. The highest BCUT2D eigenvalue weighted by Gasteiger charge is 2.33. The lowest BCUT2D eigenvalue weighted by atomic mass is 9.97.